The molecular weight excluding hydrogens is 372 g/mol. The van der Waals surface area contributed by atoms with E-state index in [2.05, 4.69) is 21.9 Å². The summed E-state index contributed by atoms with van der Waals surface area (Å²) in [7, 11) is 0. The molecule has 0 aliphatic carbocycles. The van der Waals surface area contributed by atoms with Crippen LogP contribution < -0.4 is 0 Å². The van der Waals surface area contributed by atoms with Gasteiger partial charge in [-0.2, -0.15) is 0 Å². The van der Waals surface area contributed by atoms with Crippen LogP contribution in [0.3, 0.4) is 0 Å². The molecule has 0 aromatic carbocycles. The second kappa shape index (κ2) is 5.46. The zero-order chi connectivity index (χ0) is 12.4. The summed E-state index contributed by atoms with van der Waals surface area (Å²) in [6.07, 6.45) is 4.36. The van der Waals surface area contributed by atoms with Crippen molar-refractivity contribution in [3.05, 3.63) is 37.9 Å². The van der Waals surface area contributed by atoms with Gasteiger partial charge >= 0.3 is 0 Å². The van der Waals surface area contributed by atoms with Gasteiger partial charge in [-0.1, -0.05) is 30.1 Å². The van der Waals surface area contributed by atoms with Gasteiger partial charge < -0.3 is 0 Å². The lowest BCUT2D eigenvalue weighted by Gasteiger charge is -2.07. The highest BCUT2D eigenvalue weighted by molar-refractivity contribution is 14.1. The summed E-state index contributed by atoms with van der Waals surface area (Å²) in [5.41, 5.74) is 1.99. The van der Waals surface area contributed by atoms with Gasteiger partial charge in [-0.15, -0.1) is 0 Å². The van der Waals surface area contributed by atoms with Crippen LogP contribution in [-0.2, 0) is 6.42 Å². The van der Waals surface area contributed by atoms with Crippen LogP contribution >= 0.6 is 45.8 Å². The van der Waals surface area contributed by atoms with Crippen molar-refractivity contribution in [1.29, 1.82) is 0 Å². The van der Waals surface area contributed by atoms with Crippen molar-refractivity contribution in [1.82, 2.24) is 15.0 Å². The van der Waals surface area contributed by atoms with Crippen molar-refractivity contribution in [3.63, 3.8) is 0 Å². The van der Waals surface area contributed by atoms with Gasteiger partial charge in [0.25, 0.3) is 0 Å². The summed E-state index contributed by atoms with van der Waals surface area (Å²) in [5, 5.41) is 0.749. The van der Waals surface area contributed by atoms with E-state index in [9.17, 15) is 0 Å². The second-order valence-corrected chi connectivity index (χ2v) is 5.12. The van der Waals surface area contributed by atoms with E-state index >= 15 is 0 Å². The van der Waals surface area contributed by atoms with Gasteiger partial charge in [-0.05, 0) is 40.6 Å². The molecule has 0 radical (unpaired) electrons. The van der Waals surface area contributed by atoms with Gasteiger partial charge in [0, 0.05) is 18.0 Å². The lowest BCUT2D eigenvalue weighted by Crippen LogP contribution is -1.97. The van der Waals surface area contributed by atoms with Crippen LogP contribution in [0.1, 0.15) is 12.5 Å². The Morgan fingerprint density at radius 1 is 1.24 bits per heavy atom. The first kappa shape index (κ1) is 13.0. The van der Waals surface area contributed by atoms with Crippen LogP contribution in [-0.4, -0.2) is 15.0 Å². The van der Waals surface area contributed by atoms with Crippen LogP contribution in [0.2, 0.25) is 10.3 Å². The van der Waals surface area contributed by atoms with Crippen LogP contribution in [0, 0.1) is 3.57 Å². The Hall–Kier alpha value is -0.460. The van der Waals surface area contributed by atoms with Crippen LogP contribution in [0.15, 0.2) is 18.5 Å². The van der Waals surface area contributed by atoms with Gasteiger partial charge in [0.05, 0.1) is 3.57 Å². The fraction of sp³-hybridized carbons (Fsp3) is 0.182. The van der Waals surface area contributed by atoms with E-state index in [0.717, 1.165) is 17.5 Å². The molecule has 2 aromatic heterocycles. The van der Waals surface area contributed by atoms with Crippen LogP contribution in [0.4, 0.5) is 0 Å². The van der Waals surface area contributed by atoms with E-state index in [0.29, 0.717) is 19.7 Å². The third-order valence-electron chi connectivity index (χ3n) is 2.30. The molecule has 0 aliphatic heterocycles. The highest BCUT2D eigenvalue weighted by atomic mass is 127. The van der Waals surface area contributed by atoms with E-state index in [1.807, 2.05) is 28.7 Å². The van der Waals surface area contributed by atoms with Crippen molar-refractivity contribution in [2.75, 3.05) is 0 Å². The molecule has 0 unspecified atom stereocenters. The zero-order valence-electron chi connectivity index (χ0n) is 8.91. The van der Waals surface area contributed by atoms with Crippen LogP contribution in [0.5, 0.6) is 0 Å². The molecule has 0 saturated carbocycles. The van der Waals surface area contributed by atoms with Gasteiger partial charge in [0.15, 0.2) is 5.82 Å². The summed E-state index contributed by atoms with van der Waals surface area (Å²) in [6.45, 7) is 2.05. The molecule has 0 aliphatic rings. The monoisotopic (exact) mass is 379 g/mol. The molecule has 0 atom stereocenters. The largest absolute Gasteiger partial charge is 0.264 e. The molecule has 88 valence electrons. The molecular formula is C11H8Cl2IN3. The maximum Gasteiger partial charge on any atom is 0.163 e. The van der Waals surface area contributed by atoms with Gasteiger partial charge in [0.2, 0.25) is 0 Å². The number of hydrogen-bond acceptors (Lipinski definition) is 3. The number of rotatable bonds is 2. The molecule has 0 amide bonds. The Bertz CT molecular complexity index is 537. The normalized spacial score (nSPS) is 10.6. The van der Waals surface area contributed by atoms with Crippen molar-refractivity contribution in [2.24, 2.45) is 0 Å². The molecule has 0 saturated heterocycles. The fourth-order valence-corrected chi connectivity index (χ4v) is 2.07. The van der Waals surface area contributed by atoms with E-state index in [4.69, 9.17) is 23.2 Å². The Morgan fingerprint density at radius 3 is 2.47 bits per heavy atom. The third kappa shape index (κ3) is 2.69. The smallest absolute Gasteiger partial charge is 0.163 e. The summed E-state index contributed by atoms with van der Waals surface area (Å²) in [5.74, 6) is 0.541. The summed E-state index contributed by atoms with van der Waals surface area (Å²) >= 11 is 14.0. The van der Waals surface area contributed by atoms with E-state index in [-0.39, 0.29) is 0 Å². The maximum absolute atomic E-state index is 6.01. The first-order valence-corrected chi connectivity index (χ1v) is 6.78. The number of hydrogen-bond donors (Lipinski definition) is 0. The number of halogens is 3. The highest BCUT2D eigenvalue weighted by Gasteiger charge is 2.12. The van der Waals surface area contributed by atoms with Crippen molar-refractivity contribution >= 4 is 45.8 Å². The molecule has 0 N–H and O–H groups in total. The summed E-state index contributed by atoms with van der Waals surface area (Å²) in [4.78, 5) is 12.6. The Balaban J connectivity index is 2.61. The molecule has 6 heteroatoms. The Kier molecular flexibility index (Phi) is 4.17. The Morgan fingerprint density at radius 2 is 1.88 bits per heavy atom. The number of aromatic nitrogens is 3. The first-order chi connectivity index (χ1) is 8.13. The molecule has 17 heavy (non-hydrogen) atoms. The van der Waals surface area contributed by atoms with Crippen LogP contribution in [0.25, 0.3) is 11.4 Å². The average Bonchev–Trinajstić information content (AvgIpc) is 2.35. The average molecular weight is 380 g/mol. The van der Waals surface area contributed by atoms with Gasteiger partial charge in [-0.3, -0.25) is 4.98 Å². The number of nitrogens with zero attached hydrogens (tertiary/aromatic N) is 3. The third-order valence-corrected chi connectivity index (χ3v) is 4.50. The molecule has 0 bridgehead atoms. The molecule has 0 spiro atoms. The minimum atomic E-state index is 0.375. The molecule has 2 heterocycles. The predicted octanol–water partition coefficient (Wildman–Crippen LogP) is 4.01. The minimum absolute atomic E-state index is 0.375. The standard InChI is InChI=1S/C11H8Cl2IN3/c1-2-6-5-15-4-3-7(6)11-16-9(12)8(14)10(13)17-11/h3-5H,2H2,1H3. The predicted molar refractivity (Wildman–Crippen MR) is 77.4 cm³/mol. The maximum atomic E-state index is 6.01. The van der Waals surface area contributed by atoms with Crippen molar-refractivity contribution < 1.29 is 0 Å². The SMILES string of the molecule is CCc1cnccc1-c1nc(Cl)c(I)c(Cl)n1. The fourth-order valence-electron chi connectivity index (χ4n) is 1.44. The van der Waals surface area contributed by atoms with Crippen molar-refractivity contribution in [2.45, 2.75) is 13.3 Å². The van der Waals surface area contributed by atoms with Crippen molar-refractivity contribution in [3.8, 4) is 11.4 Å². The Labute approximate surface area is 123 Å². The lowest BCUT2D eigenvalue weighted by atomic mass is 10.1. The number of pyridine rings is 1. The number of aryl methyl sites for hydroxylation is 1. The zero-order valence-corrected chi connectivity index (χ0v) is 12.6. The second-order valence-electron chi connectivity index (χ2n) is 3.33. The minimum Gasteiger partial charge on any atom is -0.264 e. The molecule has 2 rings (SSSR count). The first-order valence-electron chi connectivity index (χ1n) is 4.95. The highest BCUT2D eigenvalue weighted by Crippen LogP contribution is 2.28. The van der Waals surface area contributed by atoms with E-state index < -0.39 is 0 Å². The summed E-state index contributed by atoms with van der Waals surface area (Å²) in [6, 6.07) is 1.87. The van der Waals surface area contributed by atoms with E-state index in [1.54, 1.807) is 12.4 Å². The molecule has 0 fully saturated rings. The summed E-state index contributed by atoms with van der Waals surface area (Å²) < 4.78 is 0.668. The van der Waals surface area contributed by atoms with Gasteiger partial charge in [0.1, 0.15) is 10.3 Å². The molecule has 3 nitrogen and oxygen atoms in total. The van der Waals surface area contributed by atoms with E-state index in [1.165, 1.54) is 0 Å². The quantitative estimate of drug-likeness (QED) is 0.584. The molecule has 2 aromatic rings. The van der Waals surface area contributed by atoms with Gasteiger partial charge in [-0.25, -0.2) is 9.97 Å². The lowest BCUT2D eigenvalue weighted by molar-refractivity contribution is 1.08. The topological polar surface area (TPSA) is 38.7 Å².